The number of hydrogen-bond donors (Lipinski definition) is 0. The molecule has 0 heterocycles. The van der Waals surface area contributed by atoms with Gasteiger partial charge in [0.1, 0.15) is 0 Å². The predicted molar refractivity (Wildman–Crippen MR) is 87.1 cm³/mol. The van der Waals surface area contributed by atoms with Gasteiger partial charge in [-0.15, -0.1) is 0 Å². The summed E-state index contributed by atoms with van der Waals surface area (Å²) in [5.41, 5.74) is 0. The van der Waals surface area contributed by atoms with Crippen molar-refractivity contribution in [2.45, 2.75) is 93.9 Å². The second kappa shape index (κ2) is 10.9. The fourth-order valence-electron chi connectivity index (χ4n) is 3.51. The van der Waals surface area contributed by atoms with Gasteiger partial charge in [-0.25, -0.2) is 0 Å². The van der Waals surface area contributed by atoms with Crippen molar-refractivity contribution in [1.29, 1.82) is 0 Å². The highest BCUT2D eigenvalue weighted by atomic mass is 14.3. The van der Waals surface area contributed by atoms with E-state index in [4.69, 9.17) is 0 Å². The second-order valence-corrected chi connectivity index (χ2v) is 6.04. The fourth-order valence-corrected chi connectivity index (χ4v) is 3.51. The average Bonchev–Trinajstić information content (AvgIpc) is 2.34. The Kier molecular flexibility index (Phi) is 12.3. The quantitative estimate of drug-likeness (QED) is 0.477. The maximum absolute atomic E-state index is 2.43. The molecule has 0 nitrogen and oxygen atoms in total. The van der Waals surface area contributed by atoms with Gasteiger partial charge in [-0.1, -0.05) is 68.2 Å². The lowest BCUT2D eigenvalue weighted by Gasteiger charge is -2.36. The molecule has 0 unspecified atom stereocenters. The number of hydrogen-bond acceptors (Lipinski definition) is 0. The van der Waals surface area contributed by atoms with Crippen LogP contribution in [-0.2, 0) is 0 Å². The van der Waals surface area contributed by atoms with E-state index >= 15 is 0 Å². The van der Waals surface area contributed by atoms with Gasteiger partial charge in [0.25, 0.3) is 0 Å². The molecule has 2 fully saturated rings. The van der Waals surface area contributed by atoms with Crippen LogP contribution in [0.3, 0.4) is 0 Å². The molecule has 0 amide bonds. The van der Waals surface area contributed by atoms with Crippen molar-refractivity contribution in [2.75, 3.05) is 0 Å². The van der Waals surface area contributed by atoms with Gasteiger partial charge in [0.05, 0.1) is 0 Å². The third-order valence-corrected chi connectivity index (χ3v) is 4.79. The molecule has 0 aliphatic heterocycles. The summed E-state index contributed by atoms with van der Waals surface area (Å²) < 4.78 is 0. The van der Waals surface area contributed by atoms with E-state index in [9.17, 15) is 0 Å². The van der Waals surface area contributed by atoms with Gasteiger partial charge in [0, 0.05) is 0 Å². The van der Waals surface area contributed by atoms with Crippen LogP contribution >= 0.6 is 0 Å². The van der Waals surface area contributed by atoms with Gasteiger partial charge in [-0.05, 0) is 49.4 Å². The van der Waals surface area contributed by atoms with Crippen molar-refractivity contribution < 1.29 is 0 Å². The first kappa shape index (κ1) is 20.3. The molecule has 112 valence electrons. The standard InChI is InChI=1S/C14H26.C2H6.2CH4/c1-11-3-7-13(8-4-11)14-9-5-12(2)6-10-14;1-2;;/h11-14H,3-10H2,1-2H3;1-2H3;2*1H4. The molecule has 0 bridgehead atoms. The molecule has 2 saturated carbocycles. The third kappa shape index (κ3) is 6.25. The first-order chi connectivity index (χ1) is 7.75. The van der Waals surface area contributed by atoms with Crippen molar-refractivity contribution >= 4 is 0 Å². The summed E-state index contributed by atoms with van der Waals surface area (Å²) in [6.07, 6.45) is 12.2. The van der Waals surface area contributed by atoms with E-state index in [1.165, 1.54) is 25.7 Å². The lowest BCUT2D eigenvalue weighted by molar-refractivity contribution is 0.155. The van der Waals surface area contributed by atoms with E-state index in [1.807, 2.05) is 13.8 Å². The molecule has 2 aliphatic rings. The maximum atomic E-state index is 2.43. The molecule has 0 atom stereocenters. The van der Waals surface area contributed by atoms with E-state index in [2.05, 4.69) is 13.8 Å². The van der Waals surface area contributed by atoms with Crippen LogP contribution in [0.4, 0.5) is 0 Å². The van der Waals surface area contributed by atoms with Crippen LogP contribution in [0.1, 0.15) is 93.9 Å². The van der Waals surface area contributed by atoms with E-state index in [-0.39, 0.29) is 14.9 Å². The van der Waals surface area contributed by atoms with Crippen LogP contribution in [0.25, 0.3) is 0 Å². The first-order valence-electron chi connectivity index (χ1n) is 7.75. The topological polar surface area (TPSA) is 0 Å². The van der Waals surface area contributed by atoms with Gasteiger partial charge in [-0.2, -0.15) is 0 Å². The van der Waals surface area contributed by atoms with Crippen molar-refractivity contribution in [3.05, 3.63) is 0 Å². The highest BCUT2D eigenvalue weighted by molar-refractivity contribution is 4.80. The van der Waals surface area contributed by atoms with Crippen molar-refractivity contribution in [1.82, 2.24) is 0 Å². The highest BCUT2D eigenvalue weighted by Gasteiger charge is 2.28. The van der Waals surface area contributed by atoms with E-state index in [1.54, 1.807) is 25.7 Å². The average molecular weight is 257 g/mol. The van der Waals surface area contributed by atoms with E-state index in [0.29, 0.717) is 0 Å². The van der Waals surface area contributed by atoms with Crippen LogP contribution < -0.4 is 0 Å². The maximum Gasteiger partial charge on any atom is -0.0386 e. The highest BCUT2D eigenvalue weighted by Crippen LogP contribution is 2.40. The summed E-state index contributed by atoms with van der Waals surface area (Å²) in [6.45, 7) is 8.86. The normalized spacial score (nSPS) is 35.3. The molecule has 0 aromatic carbocycles. The van der Waals surface area contributed by atoms with Crippen LogP contribution in [-0.4, -0.2) is 0 Å². The van der Waals surface area contributed by atoms with Crippen LogP contribution in [0.15, 0.2) is 0 Å². The monoisotopic (exact) mass is 256 g/mol. The Morgan fingerprint density at radius 3 is 0.944 bits per heavy atom. The molecule has 2 aliphatic carbocycles. The zero-order valence-corrected chi connectivity index (χ0v) is 12.0. The lowest BCUT2D eigenvalue weighted by Crippen LogP contribution is -2.24. The minimum atomic E-state index is 0. The third-order valence-electron chi connectivity index (χ3n) is 4.79. The molecule has 0 saturated heterocycles. The summed E-state index contributed by atoms with van der Waals surface area (Å²) >= 11 is 0. The van der Waals surface area contributed by atoms with Crippen molar-refractivity contribution in [3.63, 3.8) is 0 Å². The van der Waals surface area contributed by atoms with Crippen LogP contribution in [0.2, 0.25) is 0 Å². The smallest absolute Gasteiger partial charge is 0.0386 e. The Morgan fingerprint density at radius 2 is 0.722 bits per heavy atom. The molecule has 0 aromatic rings. The Balaban J connectivity index is 0. The van der Waals surface area contributed by atoms with Crippen molar-refractivity contribution in [2.24, 2.45) is 23.7 Å². The Hall–Kier alpha value is 0. The van der Waals surface area contributed by atoms with Gasteiger partial charge in [0.15, 0.2) is 0 Å². The fraction of sp³-hybridized carbons (Fsp3) is 1.00. The Morgan fingerprint density at radius 1 is 0.500 bits per heavy atom. The van der Waals surface area contributed by atoms with Crippen LogP contribution in [0.5, 0.6) is 0 Å². The first-order valence-corrected chi connectivity index (χ1v) is 7.75. The molecule has 0 N–H and O–H groups in total. The molecule has 2 rings (SSSR count). The van der Waals surface area contributed by atoms with Gasteiger partial charge in [-0.3, -0.25) is 0 Å². The zero-order valence-electron chi connectivity index (χ0n) is 12.0. The molecule has 18 heavy (non-hydrogen) atoms. The van der Waals surface area contributed by atoms with Gasteiger partial charge >= 0.3 is 0 Å². The molecule has 0 radical (unpaired) electrons. The van der Waals surface area contributed by atoms with E-state index < -0.39 is 0 Å². The minimum absolute atomic E-state index is 0. The molecular weight excluding hydrogens is 216 g/mol. The van der Waals surface area contributed by atoms with Crippen LogP contribution in [0, 0.1) is 23.7 Å². The predicted octanol–water partition coefficient (Wildman–Crippen LogP) is 6.94. The molecule has 0 aromatic heterocycles. The Labute approximate surface area is 118 Å². The summed E-state index contributed by atoms with van der Waals surface area (Å²) in [6, 6.07) is 0. The summed E-state index contributed by atoms with van der Waals surface area (Å²) in [4.78, 5) is 0. The van der Waals surface area contributed by atoms with E-state index in [0.717, 1.165) is 23.7 Å². The van der Waals surface area contributed by atoms with Gasteiger partial charge in [0.2, 0.25) is 0 Å². The lowest BCUT2D eigenvalue weighted by atomic mass is 9.70. The molecule has 0 spiro atoms. The second-order valence-electron chi connectivity index (χ2n) is 6.04. The molecular formula is C18H40. The molecule has 0 heteroatoms. The largest absolute Gasteiger partial charge is 0.0776 e. The number of rotatable bonds is 1. The van der Waals surface area contributed by atoms with Crippen molar-refractivity contribution in [3.8, 4) is 0 Å². The zero-order chi connectivity index (χ0) is 12.0. The minimum Gasteiger partial charge on any atom is -0.0776 e. The SMILES string of the molecule is C.C.CC.CC1CCC(C2CCC(C)CC2)CC1. The Bertz CT molecular complexity index is 137. The van der Waals surface area contributed by atoms with Gasteiger partial charge < -0.3 is 0 Å². The summed E-state index contributed by atoms with van der Waals surface area (Å²) in [5.74, 6) is 4.26. The summed E-state index contributed by atoms with van der Waals surface area (Å²) in [7, 11) is 0. The summed E-state index contributed by atoms with van der Waals surface area (Å²) in [5, 5.41) is 0.